The van der Waals surface area contributed by atoms with E-state index < -0.39 is 0 Å². The fourth-order valence-corrected chi connectivity index (χ4v) is 4.50. The van der Waals surface area contributed by atoms with Crippen molar-refractivity contribution in [2.24, 2.45) is 0 Å². The van der Waals surface area contributed by atoms with Crippen LogP contribution in [0.2, 0.25) is 0 Å². The molecule has 148 valence electrons. The predicted molar refractivity (Wildman–Crippen MR) is 116 cm³/mol. The second-order valence-electron chi connectivity index (χ2n) is 7.15. The highest BCUT2D eigenvalue weighted by Gasteiger charge is 2.23. The molecule has 1 fully saturated rings. The molecule has 4 rings (SSSR count). The maximum atomic E-state index is 13.0. The van der Waals surface area contributed by atoms with Gasteiger partial charge in [-0.05, 0) is 38.3 Å². The zero-order valence-corrected chi connectivity index (χ0v) is 17.2. The number of piperidine rings is 1. The lowest BCUT2D eigenvalue weighted by molar-refractivity contribution is 0.0725. The van der Waals surface area contributed by atoms with E-state index >= 15 is 0 Å². The second kappa shape index (κ2) is 8.57. The van der Waals surface area contributed by atoms with Crippen molar-refractivity contribution in [1.82, 2.24) is 9.88 Å². The Bertz CT molecular complexity index is 1020. The van der Waals surface area contributed by atoms with E-state index in [4.69, 9.17) is 0 Å². The van der Waals surface area contributed by atoms with Gasteiger partial charge >= 0.3 is 0 Å². The molecule has 0 aliphatic carbocycles. The van der Waals surface area contributed by atoms with Crippen LogP contribution >= 0.6 is 11.3 Å². The van der Waals surface area contributed by atoms with Gasteiger partial charge in [-0.25, -0.2) is 4.98 Å². The number of anilines is 1. The van der Waals surface area contributed by atoms with Crippen molar-refractivity contribution < 1.29 is 9.59 Å². The summed E-state index contributed by atoms with van der Waals surface area (Å²) in [5.41, 5.74) is 2.75. The summed E-state index contributed by atoms with van der Waals surface area (Å²) < 4.78 is 0. The van der Waals surface area contributed by atoms with Gasteiger partial charge in [0.1, 0.15) is 9.88 Å². The Morgan fingerprint density at radius 2 is 1.66 bits per heavy atom. The van der Waals surface area contributed by atoms with Crippen molar-refractivity contribution in [1.29, 1.82) is 0 Å². The number of aromatic nitrogens is 1. The molecule has 0 radical (unpaired) electrons. The quantitative estimate of drug-likeness (QED) is 0.665. The molecule has 2 heterocycles. The maximum Gasteiger partial charge on any atom is 0.267 e. The number of likely N-dealkylation sites (tertiary alicyclic amines) is 1. The Morgan fingerprint density at radius 3 is 2.41 bits per heavy atom. The third-order valence-electron chi connectivity index (χ3n) is 5.07. The number of aryl methyl sites for hydroxylation is 1. The average Bonchev–Trinajstić information content (AvgIpc) is 3.17. The van der Waals surface area contributed by atoms with Crippen molar-refractivity contribution in [3.8, 4) is 10.6 Å². The predicted octanol–water partition coefficient (Wildman–Crippen LogP) is 5.00. The van der Waals surface area contributed by atoms with Crippen LogP contribution in [-0.4, -0.2) is 34.8 Å². The Morgan fingerprint density at radius 1 is 0.966 bits per heavy atom. The second-order valence-corrected chi connectivity index (χ2v) is 8.15. The standard InChI is InChI=1S/C23H23N3O2S/c1-16-20(29-22(24-16)17-10-4-2-5-11-17)21(27)25-19-13-7-6-12-18(19)23(28)26-14-8-3-9-15-26/h2,4-7,10-13H,3,8-9,14-15H2,1H3,(H,25,27). The SMILES string of the molecule is Cc1nc(-c2ccccc2)sc1C(=O)Nc1ccccc1C(=O)N1CCCCC1. The third-order valence-corrected chi connectivity index (χ3v) is 6.28. The van der Waals surface area contributed by atoms with Gasteiger partial charge in [0.15, 0.2) is 0 Å². The highest BCUT2D eigenvalue weighted by molar-refractivity contribution is 7.17. The normalized spacial score (nSPS) is 13.9. The van der Waals surface area contributed by atoms with Crippen LogP contribution in [0.3, 0.4) is 0 Å². The topological polar surface area (TPSA) is 62.3 Å². The van der Waals surface area contributed by atoms with Gasteiger partial charge < -0.3 is 10.2 Å². The number of nitrogens with one attached hydrogen (secondary N) is 1. The van der Waals surface area contributed by atoms with Crippen molar-refractivity contribution >= 4 is 28.8 Å². The smallest absolute Gasteiger partial charge is 0.267 e. The van der Waals surface area contributed by atoms with E-state index in [2.05, 4.69) is 10.3 Å². The maximum absolute atomic E-state index is 13.0. The molecule has 0 spiro atoms. The summed E-state index contributed by atoms with van der Waals surface area (Å²) in [6.45, 7) is 3.38. The first kappa shape index (κ1) is 19.3. The zero-order chi connectivity index (χ0) is 20.2. The summed E-state index contributed by atoms with van der Waals surface area (Å²) in [7, 11) is 0. The molecule has 29 heavy (non-hydrogen) atoms. The molecule has 1 saturated heterocycles. The van der Waals surface area contributed by atoms with Crippen LogP contribution < -0.4 is 5.32 Å². The fourth-order valence-electron chi connectivity index (χ4n) is 3.54. The number of hydrogen-bond donors (Lipinski definition) is 1. The lowest BCUT2D eigenvalue weighted by Crippen LogP contribution is -2.36. The highest BCUT2D eigenvalue weighted by atomic mass is 32.1. The van der Waals surface area contributed by atoms with Crippen molar-refractivity contribution in [2.45, 2.75) is 26.2 Å². The number of nitrogens with zero attached hydrogens (tertiary/aromatic N) is 2. The third kappa shape index (κ3) is 4.22. The van der Waals surface area contributed by atoms with Crippen LogP contribution in [0.1, 0.15) is 45.0 Å². The number of amides is 2. The Balaban J connectivity index is 1.56. The van der Waals surface area contributed by atoms with E-state index in [1.165, 1.54) is 11.3 Å². The molecule has 1 aliphatic heterocycles. The van der Waals surface area contributed by atoms with E-state index in [0.717, 1.165) is 42.9 Å². The number of para-hydroxylation sites is 1. The van der Waals surface area contributed by atoms with Gasteiger partial charge in [0.2, 0.25) is 0 Å². The molecule has 0 saturated carbocycles. The summed E-state index contributed by atoms with van der Waals surface area (Å²) >= 11 is 1.36. The number of carbonyl (C=O) groups is 2. The number of thiazole rings is 1. The number of carbonyl (C=O) groups excluding carboxylic acids is 2. The summed E-state index contributed by atoms with van der Waals surface area (Å²) in [4.78, 5) is 32.9. The van der Waals surface area contributed by atoms with Crippen molar-refractivity contribution in [3.63, 3.8) is 0 Å². The van der Waals surface area contributed by atoms with Gasteiger partial charge in [0, 0.05) is 18.7 Å². The molecular weight excluding hydrogens is 382 g/mol. The molecule has 1 N–H and O–H groups in total. The molecule has 2 amide bonds. The van der Waals surface area contributed by atoms with Crippen LogP contribution in [0.15, 0.2) is 54.6 Å². The highest BCUT2D eigenvalue weighted by Crippen LogP contribution is 2.29. The van der Waals surface area contributed by atoms with Crippen molar-refractivity contribution in [2.75, 3.05) is 18.4 Å². The van der Waals surface area contributed by atoms with Crippen LogP contribution in [0.25, 0.3) is 10.6 Å². The molecule has 0 atom stereocenters. The first-order valence-electron chi connectivity index (χ1n) is 9.86. The molecule has 5 nitrogen and oxygen atoms in total. The minimum Gasteiger partial charge on any atom is -0.339 e. The van der Waals surface area contributed by atoms with Crippen LogP contribution in [-0.2, 0) is 0 Å². The van der Waals surface area contributed by atoms with Crippen LogP contribution in [0, 0.1) is 6.92 Å². The molecule has 0 unspecified atom stereocenters. The van der Waals surface area contributed by atoms with E-state index in [9.17, 15) is 9.59 Å². The fraction of sp³-hybridized carbons (Fsp3) is 0.261. The van der Waals surface area contributed by atoms with E-state index in [1.807, 2.05) is 54.3 Å². The molecule has 6 heteroatoms. The largest absolute Gasteiger partial charge is 0.339 e. The van der Waals surface area contributed by atoms with E-state index in [0.29, 0.717) is 21.8 Å². The van der Waals surface area contributed by atoms with E-state index in [-0.39, 0.29) is 11.8 Å². The molecule has 0 bridgehead atoms. The molecule has 1 aromatic heterocycles. The summed E-state index contributed by atoms with van der Waals surface area (Å²) in [5, 5.41) is 3.75. The number of benzene rings is 2. The Hall–Kier alpha value is -2.99. The molecule has 3 aromatic rings. The van der Waals surface area contributed by atoms with E-state index in [1.54, 1.807) is 12.1 Å². The van der Waals surface area contributed by atoms with Crippen LogP contribution in [0.5, 0.6) is 0 Å². The minimum absolute atomic E-state index is 0.0217. The molecular formula is C23H23N3O2S. The summed E-state index contributed by atoms with van der Waals surface area (Å²) in [6.07, 6.45) is 3.22. The van der Waals surface area contributed by atoms with Gasteiger partial charge in [0.05, 0.1) is 16.9 Å². The number of hydrogen-bond acceptors (Lipinski definition) is 4. The zero-order valence-electron chi connectivity index (χ0n) is 16.4. The lowest BCUT2D eigenvalue weighted by atomic mass is 10.1. The van der Waals surface area contributed by atoms with Gasteiger partial charge in [-0.3, -0.25) is 9.59 Å². The first-order valence-corrected chi connectivity index (χ1v) is 10.7. The van der Waals surface area contributed by atoms with Gasteiger partial charge in [-0.15, -0.1) is 11.3 Å². The van der Waals surface area contributed by atoms with Gasteiger partial charge in [-0.2, -0.15) is 0 Å². The minimum atomic E-state index is -0.235. The van der Waals surface area contributed by atoms with Crippen LogP contribution in [0.4, 0.5) is 5.69 Å². The summed E-state index contributed by atoms with van der Waals surface area (Å²) in [5.74, 6) is -0.257. The van der Waals surface area contributed by atoms with Crippen molar-refractivity contribution in [3.05, 3.63) is 70.7 Å². The Kier molecular flexibility index (Phi) is 5.71. The number of rotatable bonds is 4. The molecule has 1 aliphatic rings. The first-order chi connectivity index (χ1) is 14.1. The van der Waals surface area contributed by atoms with Gasteiger partial charge in [0.25, 0.3) is 11.8 Å². The lowest BCUT2D eigenvalue weighted by Gasteiger charge is -2.27. The molecule has 2 aromatic carbocycles. The Labute approximate surface area is 174 Å². The average molecular weight is 406 g/mol. The summed E-state index contributed by atoms with van der Waals surface area (Å²) in [6, 6.07) is 17.0. The van der Waals surface area contributed by atoms with Gasteiger partial charge in [-0.1, -0.05) is 42.5 Å². The monoisotopic (exact) mass is 405 g/mol.